The number of thiazole rings is 1. The van der Waals surface area contributed by atoms with E-state index in [0.717, 1.165) is 54.0 Å². The zero-order valence-electron chi connectivity index (χ0n) is 15.1. The average molecular weight is 369 g/mol. The van der Waals surface area contributed by atoms with Gasteiger partial charge in [0.25, 0.3) is 0 Å². The van der Waals surface area contributed by atoms with Crippen molar-refractivity contribution in [2.75, 3.05) is 26.7 Å². The molecule has 3 heterocycles. The largest absolute Gasteiger partial charge is 0.497 e. The highest BCUT2D eigenvalue weighted by Gasteiger charge is 2.27. The molecule has 1 unspecified atom stereocenters. The number of methoxy groups -OCH3 is 1. The maximum Gasteiger partial charge on any atom is 0.127 e. The summed E-state index contributed by atoms with van der Waals surface area (Å²) in [7, 11) is 3.74. The number of nitrogens with zero attached hydrogens (tertiary/aromatic N) is 4. The Morgan fingerprint density at radius 3 is 2.88 bits per heavy atom. The molecule has 1 aliphatic rings. The topological polar surface area (TPSA) is 55.2 Å². The smallest absolute Gasteiger partial charge is 0.127 e. The lowest BCUT2D eigenvalue weighted by Gasteiger charge is -2.35. The van der Waals surface area contributed by atoms with Crippen molar-refractivity contribution in [1.29, 1.82) is 0 Å². The van der Waals surface area contributed by atoms with Gasteiger partial charge in [-0.2, -0.15) is 0 Å². The Labute approximate surface area is 157 Å². The highest BCUT2D eigenvalue weighted by atomic mass is 32.1. The minimum absolute atomic E-state index is 0.273. The van der Waals surface area contributed by atoms with Crippen molar-refractivity contribution in [2.45, 2.75) is 12.6 Å². The maximum atomic E-state index is 5.23. The summed E-state index contributed by atoms with van der Waals surface area (Å²) in [6.07, 6.45) is 3.87. The third-order valence-corrected chi connectivity index (χ3v) is 5.70. The van der Waals surface area contributed by atoms with Gasteiger partial charge in [0.05, 0.1) is 18.8 Å². The van der Waals surface area contributed by atoms with E-state index in [1.807, 2.05) is 24.5 Å². The van der Waals surface area contributed by atoms with Crippen LogP contribution in [0.3, 0.4) is 0 Å². The fraction of sp³-hybridized carbons (Fsp3) is 0.368. The monoisotopic (exact) mass is 369 g/mol. The second-order valence-corrected chi connectivity index (χ2v) is 7.32. The Morgan fingerprint density at radius 1 is 1.31 bits per heavy atom. The van der Waals surface area contributed by atoms with Gasteiger partial charge >= 0.3 is 0 Å². The molecule has 0 bridgehead atoms. The van der Waals surface area contributed by atoms with Crippen LogP contribution >= 0.6 is 11.3 Å². The highest BCUT2D eigenvalue weighted by molar-refractivity contribution is 7.13. The van der Waals surface area contributed by atoms with Crippen molar-refractivity contribution in [1.82, 2.24) is 24.8 Å². The molecule has 136 valence electrons. The SMILES string of the molecule is COc1ccc(-c2nc(CN3CCNCC3c3nccn3C)cs2)cc1. The third-order valence-electron chi connectivity index (χ3n) is 4.76. The Kier molecular flexibility index (Phi) is 5.01. The zero-order valence-corrected chi connectivity index (χ0v) is 15.9. The first-order valence-electron chi connectivity index (χ1n) is 8.75. The first-order valence-corrected chi connectivity index (χ1v) is 9.63. The second kappa shape index (κ2) is 7.57. The van der Waals surface area contributed by atoms with Crippen LogP contribution in [0.25, 0.3) is 10.6 Å². The van der Waals surface area contributed by atoms with Gasteiger partial charge in [-0.3, -0.25) is 4.90 Å². The number of rotatable bonds is 5. The number of benzene rings is 1. The minimum Gasteiger partial charge on any atom is -0.497 e. The molecule has 1 N–H and O–H groups in total. The summed E-state index contributed by atoms with van der Waals surface area (Å²) in [5.74, 6) is 1.96. The molecule has 1 atom stereocenters. The summed E-state index contributed by atoms with van der Waals surface area (Å²) < 4.78 is 7.34. The number of hydrogen-bond acceptors (Lipinski definition) is 6. The standard InChI is InChI=1S/C19H23N5OS/c1-23-9-8-21-18(23)17-11-20-7-10-24(17)12-15-13-26-19(22-15)14-3-5-16(25-2)6-4-14/h3-6,8-9,13,17,20H,7,10-12H2,1-2H3. The second-order valence-electron chi connectivity index (χ2n) is 6.46. The number of nitrogens with one attached hydrogen (secondary N) is 1. The van der Waals surface area contributed by atoms with Crippen LogP contribution in [0, 0.1) is 0 Å². The van der Waals surface area contributed by atoms with Gasteiger partial charge < -0.3 is 14.6 Å². The van der Waals surface area contributed by atoms with Gasteiger partial charge in [-0.15, -0.1) is 11.3 Å². The normalized spacial score (nSPS) is 18.2. The fourth-order valence-electron chi connectivity index (χ4n) is 3.34. The summed E-state index contributed by atoms with van der Waals surface area (Å²) in [6, 6.07) is 8.34. The maximum absolute atomic E-state index is 5.23. The molecule has 1 fully saturated rings. The van der Waals surface area contributed by atoms with Crippen molar-refractivity contribution in [3.05, 3.63) is 53.6 Å². The van der Waals surface area contributed by atoms with Gasteiger partial charge in [0.15, 0.2) is 0 Å². The third kappa shape index (κ3) is 3.51. The minimum atomic E-state index is 0.273. The lowest BCUT2D eigenvalue weighted by atomic mass is 10.1. The fourth-order valence-corrected chi connectivity index (χ4v) is 4.16. The van der Waals surface area contributed by atoms with E-state index < -0.39 is 0 Å². The van der Waals surface area contributed by atoms with Gasteiger partial charge in [-0.05, 0) is 24.3 Å². The highest BCUT2D eigenvalue weighted by Crippen LogP contribution is 2.28. The van der Waals surface area contributed by atoms with Crippen LogP contribution in [-0.4, -0.2) is 46.2 Å². The number of ether oxygens (including phenoxy) is 1. The molecule has 4 rings (SSSR count). The van der Waals surface area contributed by atoms with Gasteiger partial charge in [-0.1, -0.05) is 0 Å². The summed E-state index contributed by atoms with van der Waals surface area (Å²) in [5, 5.41) is 6.69. The Morgan fingerprint density at radius 2 is 2.15 bits per heavy atom. The first-order chi connectivity index (χ1) is 12.7. The molecule has 2 aromatic heterocycles. The molecule has 0 amide bonds. The Balaban J connectivity index is 1.51. The van der Waals surface area contributed by atoms with Crippen molar-refractivity contribution in [3.63, 3.8) is 0 Å². The van der Waals surface area contributed by atoms with Crippen LogP contribution in [0.1, 0.15) is 17.6 Å². The van der Waals surface area contributed by atoms with Gasteiger partial charge in [-0.25, -0.2) is 9.97 Å². The van der Waals surface area contributed by atoms with Crippen LogP contribution in [-0.2, 0) is 13.6 Å². The number of imidazole rings is 1. The number of aromatic nitrogens is 3. The summed E-state index contributed by atoms with van der Waals surface area (Å²) in [6.45, 7) is 3.75. The molecule has 26 heavy (non-hydrogen) atoms. The zero-order chi connectivity index (χ0) is 17.9. The van der Waals surface area contributed by atoms with Crippen molar-refractivity contribution < 1.29 is 4.74 Å². The predicted octanol–water partition coefficient (Wildman–Crippen LogP) is 2.70. The summed E-state index contributed by atoms with van der Waals surface area (Å²) in [4.78, 5) is 11.9. The van der Waals surface area contributed by atoms with E-state index in [4.69, 9.17) is 9.72 Å². The van der Waals surface area contributed by atoms with E-state index >= 15 is 0 Å². The van der Waals surface area contributed by atoms with Gasteiger partial charge in [0, 0.05) is 56.6 Å². The van der Waals surface area contributed by atoms with E-state index in [0.29, 0.717) is 0 Å². The lowest BCUT2D eigenvalue weighted by molar-refractivity contribution is 0.143. The van der Waals surface area contributed by atoms with Crippen molar-refractivity contribution in [2.24, 2.45) is 7.05 Å². The van der Waals surface area contributed by atoms with Crippen LogP contribution in [0.2, 0.25) is 0 Å². The molecule has 1 aromatic carbocycles. The molecule has 1 aliphatic heterocycles. The first kappa shape index (κ1) is 17.2. The molecule has 0 radical (unpaired) electrons. The molecular weight excluding hydrogens is 346 g/mol. The lowest BCUT2D eigenvalue weighted by Crippen LogP contribution is -2.46. The number of hydrogen-bond donors (Lipinski definition) is 1. The van der Waals surface area contributed by atoms with Crippen LogP contribution in [0.4, 0.5) is 0 Å². The quantitative estimate of drug-likeness (QED) is 0.749. The van der Waals surface area contributed by atoms with Crippen LogP contribution in [0.15, 0.2) is 42.0 Å². The molecule has 0 spiro atoms. The predicted molar refractivity (Wildman–Crippen MR) is 103 cm³/mol. The Hall–Kier alpha value is -2.22. The Bertz CT molecular complexity index is 857. The van der Waals surface area contributed by atoms with Crippen LogP contribution in [0.5, 0.6) is 5.75 Å². The summed E-state index contributed by atoms with van der Waals surface area (Å²) in [5.41, 5.74) is 2.24. The molecular formula is C19H23N5OS. The number of piperazine rings is 1. The van der Waals surface area contributed by atoms with E-state index in [1.165, 1.54) is 0 Å². The van der Waals surface area contributed by atoms with E-state index in [-0.39, 0.29) is 6.04 Å². The molecule has 6 nitrogen and oxygen atoms in total. The molecule has 3 aromatic rings. The molecule has 1 saturated heterocycles. The average Bonchev–Trinajstić information content (AvgIpc) is 3.31. The molecule has 0 saturated carbocycles. The molecule has 0 aliphatic carbocycles. The van der Waals surface area contributed by atoms with Crippen molar-refractivity contribution >= 4 is 11.3 Å². The van der Waals surface area contributed by atoms with E-state index in [9.17, 15) is 0 Å². The number of aryl methyl sites for hydroxylation is 1. The van der Waals surface area contributed by atoms with Gasteiger partial charge in [0.2, 0.25) is 0 Å². The van der Waals surface area contributed by atoms with Gasteiger partial charge in [0.1, 0.15) is 16.6 Å². The van der Waals surface area contributed by atoms with E-state index in [2.05, 4.69) is 44.3 Å². The molecule has 7 heteroatoms. The van der Waals surface area contributed by atoms with Crippen molar-refractivity contribution in [3.8, 4) is 16.3 Å². The van der Waals surface area contributed by atoms with Crippen LogP contribution < -0.4 is 10.1 Å². The summed E-state index contributed by atoms with van der Waals surface area (Å²) >= 11 is 1.69. The van der Waals surface area contributed by atoms with E-state index in [1.54, 1.807) is 18.4 Å².